The van der Waals surface area contributed by atoms with Gasteiger partial charge in [-0.1, -0.05) is 21.3 Å². The first-order chi connectivity index (χ1) is 61.9. The molecule has 0 spiro atoms. The first-order valence-corrected chi connectivity index (χ1v) is 55.6. The number of nitrogens with one attached hydrogen (secondary N) is 7. The minimum absolute atomic E-state index is 0. The number of halogens is 4. The highest BCUT2D eigenvalue weighted by atomic mass is 31.2. The van der Waals surface area contributed by atoms with Gasteiger partial charge in [0.25, 0.3) is 50.7 Å². The van der Waals surface area contributed by atoms with E-state index in [1.165, 1.54) is 112 Å². The number of fused-ring (bicyclic) bond motifs is 2. The topological polar surface area (TPSA) is 597 Å². The lowest BCUT2D eigenvalue weighted by atomic mass is 9.80. The van der Waals surface area contributed by atoms with Crippen LogP contribution in [0.25, 0.3) is 22.3 Å². The maximum absolute atomic E-state index is 16.6. The zero-order chi connectivity index (χ0) is 103. The molecule has 5 aromatic heterocycles. The smallest absolute Gasteiger partial charge is 0.330 e. The van der Waals surface area contributed by atoms with Crippen LogP contribution < -0.4 is 53.2 Å². The molecule has 3 fully saturated rings. The van der Waals surface area contributed by atoms with Gasteiger partial charge in [0.05, 0.1) is 129 Å². The van der Waals surface area contributed by atoms with E-state index in [0.717, 1.165) is 41.3 Å². The highest BCUT2D eigenvalue weighted by molar-refractivity contribution is 7.57. The Balaban J connectivity index is 0.000000359. The van der Waals surface area contributed by atoms with E-state index in [9.17, 15) is 65.7 Å². The summed E-state index contributed by atoms with van der Waals surface area (Å²) in [6.45, 7) is 38.1. The number of aromatic nitrogens is 9. The van der Waals surface area contributed by atoms with E-state index in [2.05, 4.69) is 55.4 Å². The van der Waals surface area contributed by atoms with Crippen LogP contribution in [0.3, 0.4) is 0 Å². The highest BCUT2D eigenvalue weighted by Crippen LogP contribution is 2.59. The van der Waals surface area contributed by atoms with Gasteiger partial charge in [-0.15, -0.1) is 0 Å². The van der Waals surface area contributed by atoms with Gasteiger partial charge in [-0.25, -0.2) is 77.8 Å². The third-order valence-corrected chi connectivity index (χ3v) is 29.6. The summed E-state index contributed by atoms with van der Waals surface area (Å²) in [4.78, 5) is 120. The van der Waals surface area contributed by atoms with Crippen molar-refractivity contribution in [1.82, 2.24) is 74.1 Å². The van der Waals surface area contributed by atoms with Gasteiger partial charge in [0, 0.05) is 58.4 Å². The normalized spacial score (nSPS) is 25.6. The van der Waals surface area contributed by atoms with Crippen LogP contribution in [-0.2, 0) is 126 Å². The lowest BCUT2D eigenvalue weighted by Crippen LogP contribution is -2.48. The predicted octanol–water partition coefficient (Wildman–Crippen LogP) is 10.5. The van der Waals surface area contributed by atoms with Gasteiger partial charge in [0.2, 0.25) is 6.23 Å². The molecule has 23 atom stereocenters. The standard InChI is InChI=1S/C27H44F2N6O9P2.C27H46FN7O9P2.C25H43FN4O11P2.CH4/c1-15(2)42-23(36)17(5)33-45(8,38)40-12-20-26(7,13-41-46(9,39)34-18(6)24(37)43-16(3)4)27(28,29)25(44-20)35-14-32-21-19(30)10-11-31-22(21)35;1-14(2)42-25(36)16(5)33-45(9,38)40-11-19-27(8,12-41-46(10,39)34-17(6)26(37)43-15(3)4)21(28)24(44-19)35-13-30-20-22(29)31-18(7)32-23(20)35;1-14(2)39-22(32)16(5)28-42(8,35)37-12-18-25(7,13-38-43(9,36)29-17(6)23(33)40-15(3)4)20(26)21(41-18)30-11-10-19(31)27-24(30)34;/h10-11,14-18,20,25H,12-13H2,1-9H3,(H2,30,31)(H,33,38)(H,34,39);13-17,19,21,24H,11-12H2,1-10H3,(H,33,38)(H,34,39)(H2,29,31,32);10-11,14-18,20-21H,12-13H2,1-9H3,(H,28,35)(H,29,36)(H,27,31,34);1H4/t17-,18-,20+,25+,26?,45?,46?;16-,17-,19+,21-,24+,27?,45?,46?;16-,17-,18+,20+,21+,25?,42?,43?;/m000./s1. The molecular weight excluding hydrogens is 1920 g/mol. The molecule has 0 radical (unpaired) electrons. The molecule has 0 aliphatic carbocycles. The van der Waals surface area contributed by atoms with Crippen molar-refractivity contribution in [3.63, 3.8) is 0 Å². The molecule has 136 heavy (non-hydrogen) atoms. The second kappa shape index (κ2) is 48.5. The van der Waals surface area contributed by atoms with Crippen molar-refractivity contribution in [3.05, 3.63) is 63.8 Å². The number of aryl methyl sites for hydroxylation is 1. The fourth-order valence-corrected chi connectivity index (χ4v) is 21.7. The van der Waals surface area contributed by atoms with Crippen LogP contribution >= 0.6 is 45.1 Å². The maximum atomic E-state index is 16.6. The average molecular weight is 2060 g/mol. The Labute approximate surface area is 787 Å². The number of carbonyl (C=O) groups excluding carboxylic acids is 6. The Morgan fingerprint density at radius 1 is 0.449 bits per heavy atom. The SMILES string of the molecule is C.CC(C)OC(=O)[C@H](C)NP(C)(=O)OC[C@H]1O[C@@H](n2ccc(=O)[nH]c2=O)[C@@H](F)C1(C)COP(C)(=O)N[C@@H](C)C(=O)OC(C)C.CC(C)OC(=O)[C@H](C)NP(C)(=O)OC[C@H]1O[C@@H](n2cnc3c(N)ccnc32)C(F)(F)C1(C)COP(C)(=O)N[C@@H](C)C(=O)OC(C)C.Cc1nc(N)c2ncn([C@@H]3O[C@H](COP(C)(=O)N[C@@H](C)C(=O)OC(C)C)C(C)(COP(C)(=O)N[C@@H](C)C(=O)OC(C)C)[C@H]3F)c2n1. The molecule has 9 unspecified atom stereocenters. The number of hydrogen-bond acceptors (Lipinski definition) is 36. The van der Waals surface area contributed by atoms with Crippen LogP contribution in [0.5, 0.6) is 0 Å². The number of alkyl halides is 4. The second-order valence-electron chi connectivity index (χ2n) is 35.9. The Morgan fingerprint density at radius 2 is 0.765 bits per heavy atom. The summed E-state index contributed by atoms with van der Waals surface area (Å²) in [5.41, 5.74) is 5.74. The average Bonchev–Trinajstić information content (AvgIpc) is 1.56. The molecule has 3 saturated heterocycles. The molecule has 0 bridgehead atoms. The van der Waals surface area contributed by atoms with Gasteiger partial charge >= 0.3 is 47.4 Å². The molecule has 0 amide bonds. The van der Waals surface area contributed by atoms with Gasteiger partial charge in [-0.05, 0) is 145 Å². The molecule has 0 saturated carbocycles. The zero-order valence-electron chi connectivity index (χ0n) is 81.0. The van der Waals surface area contributed by atoms with Gasteiger partial charge in [0.15, 0.2) is 41.9 Å². The summed E-state index contributed by atoms with van der Waals surface area (Å²) >= 11 is 0. The quantitative estimate of drug-likeness (QED) is 0.00756. The number of imidazole rings is 2. The second-order valence-corrected chi connectivity index (χ2v) is 49.1. The molecule has 3 aliphatic rings. The lowest BCUT2D eigenvalue weighted by Gasteiger charge is -2.35. The summed E-state index contributed by atoms with van der Waals surface area (Å²) in [5, 5.41) is 15.5. The fraction of sp³-hybridized carbons (Fsp3) is 0.738. The molecule has 5 aromatic rings. The third-order valence-electron chi connectivity index (χ3n) is 20.7. The number of pyridine rings is 1. The number of H-pyrrole nitrogens is 1. The number of esters is 6. The molecule has 0 aromatic carbocycles. The Kier molecular flexibility index (Phi) is 42.5. The zero-order valence-corrected chi connectivity index (χ0v) is 86.4. The predicted molar refractivity (Wildman–Crippen MR) is 495 cm³/mol. The van der Waals surface area contributed by atoms with Crippen LogP contribution in [0.15, 0.2) is 46.8 Å². The minimum Gasteiger partial charge on any atom is -0.462 e. The van der Waals surface area contributed by atoms with Crippen LogP contribution in [0.4, 0.5) is 29.1 Å². The summed E-state index contributed by atoms with van der Waals surface area (Å²) in [5.74, 6) is -7.29. The number of nitrogens with zero attached hydrogens (tertiary/aromatic N) is 8. The number of carbonyl (C=O) groups is 6. The van der Waals surface area contributed by atoms with Crippen molar-refractivity contribution in [2.24, 2.45) is 16.2 Å². The van der Waals surface area contributed by atoms with Crippen molar-refractivity contribution in [1.29, 1.82) is 0 Å². The monoisotopic (exact) mass is 2060 g/mol. The van der Waals surface area contributed by atoms with E-state index in [-0.39, 0.29) is 53.5 Å². The van der Waals surface area contributed by atoms with Gasteiger partial charge in [-0.3, -0.25) is 79.6 Å². The van der Waals surface area contributed by atoms with Crippen molar-refractivity contribution >= 4 is 115 Å². The first-order valence-electron chi connectivity index (χ1n) is 43.1. The molecule has 8 rings (SSSR count). The van der Waals surface area contributed by atoms with Crippen molar-refractivity contribution in [3.8, 4) is 0 Å². The summed E-state index contributed by atoms with van der Waals surface area (Å²) in [6.07, 6.45) is -10.2. The summed E-state index contributed by atoms with van der Waals surface area (Å²) in [6, 6.07) is -3.60. The van der Waals surface area contributed by atoms with Gasteiger partial charge in [-0.2, -0.15) is 0 Å². The number of nitrogens with two attached hydrogens (primary N) is 2. The van der Waals surface area contributed by atoms with Crippen LogP contribution in [0.2, 0.25) is 0 Å². The highest BCUT2D eigenvalue weighted by Gasteiger charge is 2.69. The summed E-state index contributed by atoms with van der Waals surface area (Å²) in [7, 11) is -22.5. The fourth-order valence-electron chi connectivity index (χ4n) is 13.6. The Bertz CT molecular complexity index is 5390. The number of aromatic amines is 1. The van der Waals surface area contributed by atoms with E-state index < -0.39 is 264 Å². The van der Waals surface area contributed by atoms with Crippen molar-refractivity contribution in [2.45, 2.75) is 288 Å². The minimum atomic E-state index is -3.89. The number of hydrogen-bond donors (Lipinski definition) is 9. The molecule has 8 heterocycles. The van der Waals surface area contributed by atoms with E-state index in [1.807, 2.05) is 4.98 Å². The number of ether oxygens (including phenoxy) is 9. The molecule has 774 valence electrons. The van der Waals surface area contributed by atoms with Crippen molar-refractivity contribution < 1.29 is 143 Å². The Hall–Kier alpha value is -7.23. The molecule has 11 N–H and O–H groups in total. The Morgan fingerprint density at radius 3 is 1.11 bits per heavy atom. The lowest BCUT2D eigenvalue weighted by molar-refractivity contribution is -0.151. The van der Waals surface area contributed by atoms with E-state index in [1.54, 1.807) is 90.0 Å². The van der Waals surface area contributed by atoms with Crippen LogP contribution in [0, 0.1) is 23.2 Å². The van der Waals surface area contributed by atoms with Crippen LogP contribution in [-0.4, -0.2) is 269 Å². The third kappa shape index (κ3) is 32.7. The van der Waals surface area contributed by atoms with E-state index >= 15 is 17.6 Å². The maximum Gasteiger partial charge on any atom is 0.330 e. The number of nitrogen functional groups attached to an aromatic ring is 2. The van der Waals surface area contributed by atoms with E-state index in [0.29, 0.717) is 5.82 Å². The number of rotatable bonds is 45. The van der Waals surface area contributed by atoms with Crippen LogP contribution in [0.1, 0.15) is 177 Å². The van der Waals surface area contributed by atoms with Crippen molar-refractivity contribution in [2.75, 3.05) is 91.1 Å². The summed E-state index contributed by atoms with van der Waals surface area (Å²) < 4.78 is 231. The van der Waals surface area contributed by atoms with Gasteiger partial charge < -0.3 is 81.2 Å². The first kappa shape index (κ1) is 119. The number of anilines is 2. The van der Waals surface area contributed by atoms with E-state index in [4.69, 9.17) is 81.2 Å². The molecule has 56 heteroatoms. The largest absolute Gasteiger partial charge is 0.462 e. The van der Waals surface area contributed by atoms with Gasteiger partial charge in [0.1, 0.15) is 53.1 Å². The molecule has 3 aliphatic heterocycles. The molecule has 46 nitrogen and oxygen atoms in total. The molecular formula is C80H137F4N17O29P6.